The highest BCUT2D eigenvalue weighted by Gasteiger charge is 2.35. The molecule has 0 bridgehead atoms. The zero-order chi connectivity index (χ0) is 20.6. The van der Waals surface area contributed by atoms with Crippen molar-refractivity contribution in [3.8, 4) is 11.4 Å². The van der Waals surface area contributed by atoms with Crippen LogP contribution in [-0.2, 0) is 17.3 Å². The summed E-state index contributed by atoms with van der Waals surface area (Å²) in [5.74, 6) is 0.743. The van der Waals surface area contributed by atoms with E-state index in [1.54, 1.807) is 4.68 Å². The third kappa shape index (κ3) is 4.07. The minimum Gasteiger partial charge on any atom is -0.315 e. The van der Waals surface area contributed by atoms with Crippen LogP contribution >= 0.6 is 0 Å². The van der Waals surface area contributed by atoms with E-state index in [0.29, 0.717) is 18.3 Å². The van der Waals surface area contributed by atoms with Crippen LogP contribution in [0.1, 0.15) is 37.8 Å². The Bertz CT molecular complexity index is 997. The number of carbonyl (C=O) groups is 1. The number of aryl methyl sites for hydroxylation is 1. The average Bonchev–Trinajstić information content (AvgIpc) is 3.41. The Morgan fingerprint density at radius 2 is 1.97 bits per heavy atom. The summed E-state index contributed by atoms with van der Waals surface area (Å²) in [7, 11) is 1.88. The standard InChI is InChI=1S/C21H27N7O/c1-21(2,3)15-7-5-13(6-8-15)18-24-20(27-26-18)25-19(29)17-11-22-10-16(17)14-9-23-28(4)12-14/h5-9,12,16-17,22H,10-11H2,1-4H3,(H2,24,25,26,27,29)/t16-,17+/m1/s1. The molecule has 1 aromatic carbocycles. The summed E-state index contributed by atoms with van der Waals surface area (Å²) in [4.78, 5) is 17.3. The highest BCUT2D eigenvalue weighted by atomic mass is 16.2. The second-order valence-electron chi connectivity index (χ2n) is 8.64. The van der Waals surface area contributed by atoms with Crippen molar-refractivity contribution in [2.75, 3.05) is 18.4 Å². The van der Waals surface area contributed by atoms with Crippen LogP contribution < -0.4 is 10.6 Å². The number of nitrogens with zero attached hydrogens (tertiary/aromatic N) is 4. The summed E-state index contributed by atoms with van der Waals surface area (Å²) in [6, 6.07) is 8.23. The lowest BCUT2D eigenvalue weighted by atomic mass is 9.87. The molecule has 0 radical (unpaired) electrons. The maximum atomic E-state index is 12.8. The molecule has 3 N–H and O–H groups in total. The van der Waals surface area contributed by atoms with Gasteiger partial charge in [-0.15, -0.1) is 5.10 Å². The molecule has 1 aliphatic rings. The van der Waals surface area contributed by atoms with E-state index < -0.39 is 0 Å². The van der Waals surface area contributed by atoms with Gasteiger partial charge in [-0.2, -0.15) is 10.1 Å². The van der Waals surface area contributed by atoms with Crippen LogP contribution in [0.15, 0.2) is 36.7 Å². The summed E-state index contributed by atoms with van der Waals surface area (Å²) in [5.41, 5.74) is 3.35. The Kier molecular flexibility index (Phi) is 4.96. The first-order chi connectivity index (χ1) is 13.8. The number of carbonyl (C=O) groups excluding carboxylic acids is 1. The predicted molar refractivity (Wildman–Crippen MR) is 111 cm³/mol. The van der Waals surface area contributed by atoms with Gasteiger partial charge >= 0.3 is 0 Å². The van der Waals surface area contributed by atoms with Gasteiger partial charge in [0.25, 0.3) is 0 Å². The molecule has 0 saturated carbocycles. The molecule has 0 unspecified atom stereocenters. The number of hydrogen-bond acceptors (Lipinski definition) is 5. The number of anilines is 1. The molecule has 3 aromatic rings. The second kappa shape index (κ2) is 7.44. The van der Waals surface area contributed by atoms with E-state index in [1.807, 2.05) is 31.6 Å². The van der Waals surface area contributed by atoms with E-state index in [0.717, 1.165) is 17.7 Å². The highest BCUT2D eigenvalue weighted by Crippen LogP contribution is 2.29. The summed E-state index contributed by atoms with van der Waals surface area (Å²) < 4.78 is 1.76. The Labute approximate surface area is 170 Å². The Morgan fingerprint density at radius 3 is 2.62 bits per heavy atom. The van der Waals surface area contributed by atoms with Gasteiger partial charge in [0.2, 0.25) is 11.9 Å². The smallest absolute Gasteiger partial charge is 0.249 e. The number of amides is 1. The first-order valence-corrected chi connectivity index (χ1v) is 9.85. The molecule has 3 heterocycles. The maximum Gasteiger partial charge on any atom is 0.249 e. The molecule has 4 rings (SSSR count). The highest BCUT2D eigenvalue weighted by molar-refractivity contribution is 5.92. The minimum atomic E-state index is -0.188. The van der Waals surface area contributed by atoms with Crippen molar-refractivity contribution in [2.24, 2.45) is 13.0 Å². The van der Waals surface area contributed by atoms with Crippen molar-refractivity contribution in [3.63, 3.8) is 0 Å². The van der Waals surface area contributed by atoms with Gasteiger partial charge in [0.15, 0.2) is 5.82 Å². The number of benzene rings is 1. The van der Waals surface area contributed by atoms with Gasteiger partial charge in [0.1, 0.15) is 0 Å². The van der Waals surface area contributed by atoms with Crippen LogP contribution in [0.2, 0.25) is 0 Å². The molecule has 8 heteroatoms. The van der Waals surface area contributed by atoms with Gasteiger partial charge in [-0.05, 0) is 16.5 Å². The monoisotopic (exact) mass is 393 g/mol. The molecule has 1 aliphatic heterocycles. The summed E-state index contributed by atoms with van der Waals surface area (Å²) in [6.07, 6.45) is 3.79. The molecule has 2 aromatic heterocycles. The van der Waals surface area contributed by atoms with Gasteiger partial charge in [-0.25, -0.2) is 0 Å². The van der Waals surface area contributed by atoms with Crippen molar-refractivity contribution in [2.45, 2.75) is 32.1 Å². The van der Waals surface area contributed by atoms with Gasteiger partial charge < -0.3 is 5.32 Å². The number of hydrogen-bond donors (Lipinski definition) is 3. The Morgan fingerprint density at radius 1 is 1.21 bits per heavy atom. The van der Waals surface area contributed by atoms with E-state index >= 15 is 0 Å². The van der Waals surface area contributed by atoms with Crippen LogP contribution in [0.3, 0.4) is 0 Å². The fourth-order valence-corrected chi connectivity index (χ4v) is 3.71. The van der Waals surface area contributed by atoms with Crippen LogP contribution in [0.5, 0.6) is 0 Å². The lowest BCUT2D eigenvalue weighted by Gasteiger charge is -2.18. The summed E-state index contributed by atoms with van der Waals surface area (Å²) >= 11 is 0. The van der Waals surface area contributed by atoms with Crippen LogP contribution in [-0.4, -0.2) is 44.0 Å². The van der Waals surface area contributed by atoms with E-state index in [-0.39, 0.29) is 23.2 Å². The van der Waals surface area contributed by atoms with E-state index in [1.165, 1.54) is 5.56 Å². The molecule has 0 spiro atoms. The van der Waals surface area contributed by atoms with Crippen LogP contribution in [0, 0.1) is 5.92 Å². The zero-order valence-electron chi connectivity index (χ0n) is 17.2. The largest absolute Gasteiger partial charge is 0.315 e. The molecule has 2 atom stereocenters. The lowest BCUT2D eigenvalue weighted by Crippen LogP contribution is -2.28. The topological polar surface area (TPSA) is 101 Å². The number of aromatic amines is 1. The minimum absolute atomic E-state index is 0.0857. The third-order valence-corrected chi connectivity index (χ3v) is 5.45. The molecular formula is C21H27N7O. The molecule has 8 nitrogen and oxygen atoms in total. The third-order valence-electron chi connectivity index (χ3n) is 5.45. The number of nitrogens with one attached hydrogen (secondary N) is 3. The van der Waals surface area contributed by atoms with E-state index in [4.69, 9.17) is 0 Å². The van der Waals surface area contributed by atoms with Crippen molar-refractivity contribution in [1.82, 2.24) is 30.3 Å². The van der Waals surface area contributed by atoms with Crippen LogP contribution in [0.25, 0.3) is 11.4 Å². The van der Waals surface area contributed by atoms with E-state index in [9.17, 15) is 4.79 Å². The fraction of sp³-hybridized carbons (Fsp3) is 0.429. The molecule has 1 amide bonds. The van der Waals surface area contributed by atoms with Gasteiger partial charge in [0.05, 0.1) is 12.1 Å². The first-order valence-electron chi connectivity index (χ1n) is 9.85. The van der Waals surface area contributed by atoms with Crippen LogP contribution in [0.4, 0.5) is 5.95 Å². The Hall–Kier alpha value is -3.00. The average molecular weight is 393 g/mol. The van der Waals surface area contributed by atoms with E-state index in [2.05, 4.69) is 63.8 Å². The first kappa shape index (κ1) is 19.3. The fourth-order valence-electron chi connectivity index (χ4n) is 3.71. The summed E-state index contributed by atoms with van der Waals surface area (Å²) in [6.45, 7) is 7.92. The summed E-state index contributed by atoms with van der Waals surface area (Å²) in [5, 5.41) is 17.5. The van der Waals surface area contributed by atoms with Crippen molar-refractivity contribution < 1.29 is 4.79 Å². The predicted octanol–water partition coefficient (Wildman–Crippen LogP) is 2.44. The van der Waals surface area contributed by atoms with Crippen molar-refractivity contribution >= 4 is 11.9 Å². The molecule has 1 fully saturated rings. The van der Waals surface area contributed by atoms with Crippen molar-refractivity contribution in [3.05, 3.63) is 47.8 Å². The molecule has 0 aliphatic carbocycles. The number of H-pyrrole nitrogens is 1. The molecule has 152 valence electrons. The second-order valence-corrected chi connectivity index (χ2v) is 8.64. The number of aromatic nitrogens is 5. The lowest BCUT2D eigenvalue weighted by molar-refractivity contribution is -0.119. The van der Waals surface area contributed by atoms with Gasteiger partial charge in [0, 0.05) is 37.8 Å². The molecular weight excluding hydrogens is 366 g/mol. The van der Waals surface area contributed by atoms with Gasteiger partial charge in [-0.3, -0.25) is 19.9 Å². The normalized spacial score (nSPS) is 19.4. The molecule has 29 heavy (non-hydrogen) atoms. The quantitative estimate of drug-likeness (QED) is 0.632. The number of rotatable bonds is 4. The maximum absolute atomic E-state index is 12.8. The zero-order valence-corrected chi connectivity index (χ0v) is 17.2. The van der Waals surface area contributed by atoms with Gasteiger partial charge in [-0.1, -0.05) is 45.0 Å². The van der Waals surface area contributed by atoms with Crippen molar-refractivity contribution in [1.29, 1.82) is 0 Å². The Balaban J connectivity index is 1.45. The SMILES string of the molecule is Cn1cc([C@H]2CNC[C@@H]2C(=O)Nc2n[nH]c(-c3ccc(C(C)(C)C)cc3)n2)cn1. The molecule has 1 saturated heterocycles.